The first-order valence-electron chi connectivity index (χ1n) is 8.25. The molecular weight excluding hydrogens is 302 g/mol. The van der Waals surface area contributed by atoms with Crippen LogP contribution in [-0.2, 0) is 0 Å². The molecule has 0 heterocycles. The highest BCUT2D eigenvalue weighted by molar-refractivity contribution is 6.00. The fraction of sp³-hybridized carbons (Fsp3) is 0.263. The van der Waals surface area contributed by atoms with E-state index < -0.39 is 0 Å². The molecule has 5 heteroatoms. The molecule has 0 unspecified atom stereocenters. The second-order valence-electron chi connectivity index (χ2n) is 5.98. The molecule has 0 aromatic heterocycles. The standard InChI is InChI=1S/C19H21N3O2/c23-18(20-15-8-4-5-9-15)14-10-12-17(13-11-14)22-19(24)21-16-6-2-1-3-7-16/h1-3,6-7,10-13,15H,4-5,8-9H2,(H,20,23)(H2,21,22,24). The minimum atomic E-state index is -0.315. The maximum atomic E-state index is 12.2. The number of hydrogen-bond acceptors (Lipinski definition) is 2. The van der Waals surface area contributed by atoms with Gasteiger partial charge in [0.2, 0.25) is 0 Å². The lowest BCUT2D eigenvalue weighted by Crippen LogP contribution is -2.32. The first kappa shape index (κ1) is 16.1. The molecule has 1 fully saturated rings. The Bertz CT molecular complexity index is 692. The zero-order valence-corrected chi connectivity index (χ0v) is 13.4. The highest BCUT2D eigenvalue weighted by Crippen LogP contribution is 2.18. The number of urea groups is 1. The number of benzene rings is 2. The van der Waals surface area contributed by atoms with E-state index in [1.165, 1.54) is 12.8 Å². The Kier molecular flexibility index (Phi) is 5.11. The number of anilines is 2. The molecule has 3 N–H and O–H groups in total. The zero-order valence-electron chi connectivity index (χ0n) is 13.4. The smallest absolute Gasteiger partial charge is 0.323 e. The second-order valence-corrected chi connectivity index (χ2v) is 5.98. The van der Waals surface area contributed by atoms with E-state index in [-0.39, 0.29) is 11.9 Å². The Morgan fingerprint density at radius 2 is 1.38 bits per heavy atom. The average Bonchev–Trinajstić information content (AvgIpc) is 3.09. The number of rotatable bonds is 4. The molecule has 0 atom stereocenters. The second kappa shape index (κ2) is 7.64. The third-order valence-corrected chi connectivity index (χ3v) is 4.13. The topological polar surface area (TPSA) is 70.2 Å². The number of hydrogen-bond donors (Lipinski definition) is 3. The van der Waals surface area contributed by atoms with Gasteiger partial charge in [-0.15, -0.1) is 0 Å². The lowest BCUT2D eigenvalue weighted by molar-refractivity contribution is 0.0938. The SMILES string of the molecule is O=C(Nc1ccccc1)Nc1ccc(C(=O)NC2CCCC2)cc1. The van der Waals surface area contributed by atoms with E-state index >= 15 is 0 Å². The van der Waals surface area contributed by atoms with E-state index in [0.29, 0.717) is 17.3 Å². The van der Waals surface area contributed by atoms with Crippen molar-refractivity contribution in [2.24, 2.45) is 0 Å². The Morgan fingerprint density at radius 3 is 2.00 bits per heavy atom. The van der Waals surface area contributed by atoms with Gasteiger partial charge in [0.05, 0.1) is 0 Å². The molecule has 0 bridgehead atoms. The lowest BCUT2D eigenvalue weighted by Gasteiger charge is -2.12. The van der Waals surface area contributed by atoms with E-state index in [1.54, 1.807) is 24.3 Å². The maximum Gasteiger partial charge on any atom is 0.323 e. The Labute approximate surface area is 141 Å². The van der Waals surface area contributed by atoms with Gasteiger partial charge in [-0.25, -0.2) is 4.79 Å². The summed E-state index contributed by atoms with van der Waals surface area (Å²) in [5.74, 6) is -0.0535. The van der Waals surface area contributed by atoms with Crippen LogP contribution < -0.4 is 16.0 Å². The van der Waals surface area contributed by atoms with Crippen LogP contribution >= 0.6 is 0 Å². The largest absolute Gasteiger partial charge is 0.349 e. The number of carbonyl (C=O) groups excluding carboxylic acids is 2. The lowest BCUT2D eigenvalue weighted by atomic mass is 10.1. The van der Waals surface area contributed by atoms with E-state index in [2.05, 4.69) is 16.0 Å². The fourth-order valence-corrected chi connectivity index (χ4v) is 2.86. The van der Waals surface area contributed by atoms with Crippen LogP contribution in [0.2, 0.25) is 0 Å². The molecule has 2 aromatic carbocycles. The van der Waals surface area contributed by atoms with Crippen molar-refractivity contribution in [2.75, 3.05) is 10.6 Å². The van der Waals surface area contributed by atoms with E-state index in [0.717, 1.165) is 18.5 Å². The molecule has 0 spiro atoms. The van der Waals surface area contributed by atoms with Crippen molar-refractivity contribution in [3.63, 3.8) is 0 Å². The van der Waals surface area contributed by atoms with Crippen LogP contribution in [0.5, 0.6) is 0 Å². The molecule has 1 saturated carbocycles. The van der Waals surface area contributed by atoms with Crippen molar-refractivity contribution in [1.82, 2.24) is 5.32 Å². The van der Waals surface area contributed by atoms with Crippen LogP contribution in [-0.4, -0.2) is 18.0 Å². The Morgan fingerprint density at radius 1 is 0.792 bits per heavy atom. The molecule has 2 aromatic rings. The summed E-state index contributed by atoms with van der Waals surface area (Å²) >= 11 is 0. The van der Waals surface area contributed by atoms with Gasteiger partial charge in [-0.05, 0) is 49.2 Å². The summed E-state index contributed by atoms with van der Waals surface area (Å²) < 4.78 is 0. The van der Waals surface area contributed by atoms with Crippen LogP contribution in [0.4, 0.5) is 16.2 Å². The third-order valence-electron chi connectivity index (χ3n) is 4.13. The minimum absolute atomic E-state index is 0.0535. The van der Waals surface area contributed by atoms with Gasteiger partial charge in [-0.1, -0.05) is 31.0 Å². The van der Waals surface area contributed by atoms with Crippen LogP contribution in [0.25, 0.3) is 0 Å². The molecule has 1 aliphatic rings. The van der Waals surface area contributed by atoms with Gasteiger partial charge in [0, 0.05) is 23.0 Å². The number of para-hydroxylation sites is 1. The monoisotopic (exact) mass is 323 g/mol. The molecule has 24 heavy (non-hydrogen) atoms. The van der Waals surface area contributed by atoms with Crippen LogP contribution in [0, 0.1) is 0 Å². The Balaban J connectivity index is 1.54. The summed E-state index contributed by atoms with van der Waals surface area (Å²) in [5, 5.41) is 8.54. The van der Waals surface area contributed by atoms with E-state index in [1.807, 2.05) is 30.3 Å². The fourth-order valence-electron chi connectivity index (χ4n) is 2.86. The quantitative estimate of drug-likeness (QED) is 0.796. The van der Waals surface area contributed by atoms with Crippen LogP contribution in [0.3, 0.4) is 0 Å². The maximum absolute atomic E-state index is 12.2. The van der Waals surface area contributed by atoms with Gasteiger partial charge in [0.25, 0.3) is 5.91 Å². The highest BCUT2D eigenvalue weighted by atomic mass is 16.2. The zero-order chi connectivity index (χ0) is 16.8. The van der Waals surface area contributed by atoms with Gasteiger partial charge in [-0.3, -0.25) is 4.79 Å². The summed E-state index contributed by atoms with van der Waals surface area (Å²) in [7, 11) is 0. The van der Waals surface area contributed by atoms with Crippen molar-refractivity contribution < 1.29 is 9.59 Å². The molecule has 0 radical (unpaired) electrons. The first-order chi connectivity index (χ1) is 11.7. The molecule has 0 saturated heterocycles. The summed E-state index contributed by atoms with van der Waals surface area (Å²) in [6, 6.07) is 16.1. The summed E-state index contributed by atoms with van der Waals surface area (Å²) in [4.78, 5) is 24.1. The number of carbonyl (C=O) groups is 2. The van der Waals surface area contributed by atoms with Gasteiger partial charge in [-0.2, -0.15) is 0 Å². The van der Waals surface area contributed by atoms with Gasteiger partial charge in [0.15, 0.2) is 0 Å². The van der Waals surface area contributed by atoms with Crippen molar-refractivity contribution in [3.05, 3.63) is 60.2 Å². The van der Waals surface area contributed by atoms with E-state index in [4.69, 9.17) is 0 Å². The minimum Gasteiger partial charge on any atom is -0.349 e. The number of amides is 3. The molecule has 0 aliphatic heterocycles. The predicted octanol–water partition coefficient (Wildman–Crippen LogP) is 4.00. The summed E-state index contributed by atoms with van der Waals surface area (Å²) in [5.41, 5.74) is 1.97. The van der Waals surface area contributed by atoms with Gasteiger partial charge in [0.1, 0.15) is 0 Å². The van der Waals surface area contributed by atoms with Crippen molar-refractivity contribution in [3.8, 4) is 0 Å². The average molecular weight is 323 g/mol. The van der Waals surface area contributed by atoms with Crippen molar-refractivity contribution in [1.29, 1.82) is 0 Å². The molecule has 124 valence electrons. The molecular formula is C19H21N3O2. The molecule has 1 aliphatic carbocycles. The van der Waals surface area contributed by atoms with Gasteiger partial charge >= 0.3 is 6.03 Å². The Hall–Kier alpha value is -2.82. The van der Waals surface area contributed by atoms with Crippen LogP contribution in [0.1, 0.15) is 36.0 Å². The van der Waals surface area contributed by atoms with Gasteiger partial charge < -0.3 is 16.0 Å². The first-order valence-corrected chi connectivity index (χ1v) is 8.25. The summed E-state index contributed by atoms with van der Waals surface area (Å²) in [6.07, 6.45) is 4.49. The third kappa shape index (κ3) is 4.35. The highest BCUT2D eigenvalue weighted by Gasteiger charge is 2.17. The van der Waals surface area contributed by atoms with Crippen LogP contribution in [0.15, 0.2) is 54.6 Å². The predicted molar refractivity (Wildman–Crippen MR) is 95.2 cm³/mol. The normalized spacial score (nSPS) is 14.2. The molecule has 5 nitrogen and oxygen atoms in total. The van der Waals surface area contributed by atoms with Crippen molar-refractivity contribution in [2.45, 2.75) is 31.7 Å². The van der Waals surface area contributed by atoms with Crippen molar-refractivity contribution >= 4 is 23.3 Å². The van der Waals surface area contributed by atoms with E-state index in [9.17, 15) is 9.59 Å². The molecule has 3 amide bonds. The number of nitrogens with one attached hydrogen (secondary N) is 3. The summed E-state index contributed by atoms with van der Waals surface area (Å²) in [6.45, 7) is 0. The molecule has 3 rings (SSSR count).